The molecule has 0 aliphatic carbocycles. The van der Waals surface area contributed by atoms with Gasteiger partial charge in [-0.1, -0.05) is 11.2 Å². The molecular weight excluding hydrogens is 258 g/mol. The number of hydrogen-bond acceptors (Lipinski definition) is 5. The Kier molecular flexibility index (Phi) is 3.23. The normalized spacial score (nSPS) is 15.1. The lowest BCUT2D eigenvalue weighted by Crippen LogP contribution is -2.30. The molecule has 1 aromatic carbocycles. The Hall–Kier alpha value is -2.21. The van der Waals surface area contributed by atoms with E-state index >= 15 is 0 Å². The van der Waals surface area contributed by atoms with Crippen molar-refractivity contribution in [1.82, 2.24) is 15.0 Å². The Bertz CT molecular complexity index is 651. The molecule has 0 spiro atoms. The van der Waals surface area contributed by atoms with Gasteiger partial charge in [-0.25, -0.2) is 4.79 Å². The third kappa shape index (κ3) is 2.55. The van der Waals surface area contributed by atoms with E-state index in [0.717, 1.165) is 18.5 Å². The molecule has 0 amide bonds. The topological polar surface area (TPSA) is 79.5 Å². The maximum absolute atomic E-state index is 11.0. The molecule has 0 radical (unpaired) electrons. The van der Waals surface area contributed by atoms with Crippen LogP contribution in [0, 0.1) is 6.92 Å². The van der Waals surface area contributed by atoms with Crippen molar-refractivity contribution in [1.29, 1.82) is 0 Å². The number of benzene rings is 1. The minimum absolute atomic E-state index is 0.333. The van der Waals surface area contributed by atoms with E-state index in [1.165, 1.54) is 5.56 Å². The molecule has 0 atom stereocenters. The summed E-state index contributed by atoms with van der Waals surface area (Å²) < 4.78 is 5.12. The first-order valence-electron chi connectivity index (χ1n) is 6.48. The molecule has 3 rings (SSSR count). The highest BCUT2D eigenvalue weighted by molar-refractivity contribution is 5.87. The maximum Gasteiger partial charge on any atom is 0.335 e. The second-order valence-electron chi connectivity index (χ2n) is 4.98. The van der Waals surface area contributed by atoms with Crippen molar-refractivity contribution in [3.63, 3.8) is 0 Å². The van der Waals surface area contributed by atoms with Crippen LogP contribution in [0.1, 0.15) is 33.2 Å². The standard InChI is InChI=1S/C14H15N3O3/c1-9-15-13(20-16-9)8-17-5-4-10-2-3-11(14(18)19)6-12(10)7-17/h2-3,6H,4-5,7-8H2,1H3,(H,18,19). The molecule has 2 heterocycles. The summed E-state index contributed by atoms with van der Waals surface area (Å²) in [5.74, 6) is 0.336. The van der Waals surface area contributed by atoms with E-state index in [2.05, 4.69) is 15.0 Å². The van der Waals surface area contributed by atoms with Gasteiger partial charge in [-0.05, 0) is 36.6 Å². The molecule has 6 heteroatoms. The fourth-order valence-electron chi connectivity index (χ4n) is 2.48. The first kappa shape index (κ1) is 12.8. The SMILES string of the molecule is Cc1noc(CN2CCc3ccc(C(=O)O)cc3C2)n1. The Morgan fingerprint density at radius 2 is 2.30 bits per heavy atom. The summed E-state index contributed by atoms with van der Waals surface area (Å²) in [4.78, 5) is 17.4. The molecular formula is C14H15N3O3. The molecule has 1 aromatic heterocycles. The second kappa shape index (κ2) is 5.05. The van der Waals surface area contributed by atoms with Crippen LogP contribution < -0.4 is 0 Å². The number of carboxylic acids is 1. The van der Waals surface area contributed by atoms with E-state index in [-0.39, 0.29) is 0 Å². The van der Waals surface area contributed by atoms with E-state index in [9.17, 15) is 4.79 Å². The van der Waals surface area contributed by atoms with Crippen LogP contribution >= 0.6 is 0 Å². The van der Waals surface area contributed by atoms with Crippen LogP contribution in [0.15, 0.2) is 22.7 Å². The van der Waals surface area contributed by atoms with Crippen molar-refractivity contribution in [2.45, 2.75) is 26.4 Å². The highest BCUT2D eigenvalue weighted by Gasteiger charge is 2.19. The summed E-state index contributed by atoms with van der Waals surface area (Å²) >= 11 is 0. The maximum atomic E-state index is 11.0. The van der Waals surface area contributed by atoms with Gasteiger partial charge in [-0.2, -0.15) is 4.98 Å². The predicted molar refractivity (Wildman–Crippen MR) is 70.3 cm³/mol. The van der Waals surface area contributed by atoms with Crippen molar-refractivity contribution in [2.75, 3.05) is 6.54 Å². The third-order valence-corrected chi connectivity index (χ3v) is 3.47. The smallest absolute Gasteiger partial charge is 0.335 e. The number of aromatic carboxylic acids is 1. The Morgan fingerprint density at radius 3 is 3.00 bits per heavy atom. The van der Waals surface area contributed by atoms with Crippen LogP contribution in [0.2, 0.25) is 0 Å². The summed E-state index contributed by atoms with van der Waals surface area (Å²) in [6, 6.07) is 5.33. The molecule has 104 valence electrons. The first-order valence-corrected chi connectivity index (χ1v) is 6.48. The van der Waals surface area contributed by atoms with Crippen LogP contribution in [0.4, 0.5) is 0 Å². The van der Waals surface area contributed by atoms with Gasteiger partial charge in [-0.15, -0.1) is 0 Å². The van der Waals surface area contributed by atoms with E-state index in [1.54, 1.807) is 19.1 Å². The van der Waals surface area contributed by atoms with Crippen LogP contribution in [0.5, 0.6) is 0 Å². The number of carbonyl (C=O) groups is 1. The number of rotatable bonds is 3. The minimum atomic E-state index is -0.891. The molecule has 0 saturated heterocycles. The van der Waals surface area contributed by atoms with Crippen molar-refractivity contribution in [2.24, 2.45) is 0 Å². The molecule has 0 saturated carbocycles. The molecule has 1 N–H and O–H groups in total. The molecule has 2 aromatic rings. The molecule has 0 unspecified atom stereocenters. The number of aryl methyl sites for hydroxylation is 1. The van der Waals surface area contributed by atoms with Gasteiger partial charge in [0.05, 0.1) is 12.1 Å². The van der Waals surface area contributed by atoms with Gasteiger partial charge in [0.25, 0.3) is 0 Å². The lowest BCUT2D eigenvalue weighted by atomic mass is 9.97. The van der Waals surface area contributed by atoms with Gasteiger partial charge in [0, 0.05) is 13.1 Å². The predicted octanol–water partition coefficient (Wildman–Crippen LogP) is 1.63. The second-order valence-corrected chi connectivity index (χ2v) is 4.98. The molecule has 0 fully saturated rings. The number of nitrogens with zero attached hydrogens (tertiary/aromatic N) is 3. The average molecular weight is 273 g/mol. The summed E-state index contributed by atoms with van der Waals surface area (Å²) in [5.41, 5.74) is 2.61. The minimum Gasteiger partial charge on any atom is -0.478 e. The van der Waals surface area contributed by atoms with E-state index in [1.807, 2.05) is 6.07 Å². The van der Waals surface area contributed by atoms with Gasteiger partial charge in [0.1, 0.15) is 0 Å². The summed E-state index contributed by atoms with van der Waals surface area (Å²) in [6.45, 7) is 3.99. The van der Waals surface area contributed by atoms with Crippen LogP contribution in [0.3, 0.4) is 0 Å². The highest BCUT2D eigenvalue weighted by atomic mass is 16.5. The first-order chi connectivity index (χ1) is 9.61. The van der Waals surface area contributed by atoms with E-state index in [0.29, 0.717) is 30.4 Å². The van der Waals surface area contributed by atoms with Crippen molar-refractivity contribution in [3.8, 4) is 0 Å². The lowest BCUT2D eigenvalue weighted by Gasteiger charge is -2.27. The number of fused-ring (bicyclic) bond motifs is 1. The van der Waals surface area contributed by atoms with E-state index < -0.39 is 5.97 Å². The largest absolute Gasteiger partial charge is 0.478 e. The fourth-order valence-corrected chi connectivity index (χ4v) is 2.48. The summed E-state index contributed by atoms with van der Waals surface area (Å²) in [5, 5.41) is 12.8. The van der Waals surface area contributed by atoms with Crippen LogP contribution in [-0.2, 0) is 19.5 Å². The van der Waals surface area contributed by atoms with Gasteiger partial charge >= 0.3 is 5.97 Å². The highest BCUT2D eigenvalue weighted by Crippen LogP contribution is 2.21. The zero-order valence-electron chi connectivity index (χ0n) is 11.2. The fraction of sp³-hybridized carbons (Fsp3) is 0.357. The Balaban J connectivity index is 1.76. The average Bonchev–Trinajstić information content (AvgIpc) is 2.83. The Labute approximate surface area is 116 Å². The quantitative estimate of drug-likeness (QED) is 0.915. The summed E-state index contributed by atoms with van der Waals surface area (Å²) in [6.07, 6.45) is 0.905. The van der Waals surface area contributed by atoms with Gasteiger partial charge in [0.2, 0.25) is 5.89 Å². The van der Waals surface area contributed by atoms with E-state index in [4.69, 9.17) is 9.63 Å². The molecule has 1 aliphatic rings. The van der Waals surface area contributed by atoms with Crippen molar-refractivity contribution >= 4 is 5.97 Å². The van der Waals surface area contributed by atoms with Gasteiger partial charge < -0.3 is 9.63 Å². The third-order valence-electron chi connectivity index (χ3n) is 3.47. The van der Waals surface area contributed by atoms with Crippen LogP contribution in [0.25, 0.3) is 0 Å². The van der Waals surface area contributed by atoms with Gasteiger partial charge in [0.15, 0.2) is 5.82 Å². The van der Waals surface area contributed by atoms with Gasteiger partial charge in [-0.3, -0.25) is 4.90 Å². The lowest BCUT2D eigenvalue weighted by molar-refractivity contribution is 0.0696. The molecule has 1 aliphatic heterocycles. The number of aromatic nitrogens is 2. The Morgan fingerprint density at radius 1 is 1.45 bits per heavy atom. The van der Waals surface area contributed by atoms with Crippen molar-refractivity contribution in [3.05, 3.63) is 46.6 Å². The number of hydrogen-bond donors (Lipinski definition) is 1. The summed E-state index contributed by atoms with van der Waals surface area (Å²) in [7, 11) is 0. The zero-order valence-corrected chi connectivity index (χ0v) is 11.2. The molecule has 20 heavy (non-hydrogen) atoms. The molecule has 6 nitrogen and oxygen atoms in total. The molecule has 0 bridgehead atoms. The monoisotopic (exact) mass is 273 g/mol. The van der Waals surface area contributed by atoms with Crippen molar-refractivity contribution < 1.29 is 14.4 Å². The number of carboxylic acid groups (broad SMARTS) is 1. The van der Waals surface area contributed by atoms with Crippen LogP contribution in [-0.4, -0.2) is 32.7 Å². The zero-order chi connectivity index (χ0) is 14.1.